The van der Waals surface area contributed by atoms with Crippen LogP contribution in [0.2, 0.25) is 0 Å². The van der Waals surface area contributed by atoms with Crippen molar-refractivity contribution in [3.05, 3.63) is 41.2 Å². The van der Waals surface area contributed by atoms with Gasteiger partial charge in [0.05, 0.1) is 5.56 Å². The highest BCUT2D eigenvalue weighted by molar-refractivity contribution is 5.48. The molecule has 0 aliphatic heterocycles. The molecule has 19 heavy (non-hydrogen) atoms. The van der Waals surface area contributed by atoms with E-state index in [1.165, 1.54) is 5.56 Å². The SMILES string of the molecule is CCc1ccc(Oc2nc(C)nc(NN)c2C)cc1. The van der Waals surface area contributed by atoms with Gasteiger partial charge >= 0.3 is 0 Å². The Kier molecular flexibility index (Phi) is 3.97. The molecule has 1 aromatic heterocycles. The molecule has 1 heterocycles. The van der Waals surface area contributed by atoms with E-state index in [9.17, 15) is 0 Å². The Balaban J connectivity index is 2.29. The van der Waals surface area contributed by atoms with Crippen molar-refractivity contribution in [3.63, 3.8) is 0 Å². The van der Waals surface area contributed by atoms with Gasteiger partial charge in [0, 0.05) is 0 Å². The summed E-state index contributed by atoms with van der Waals surface area (Å²) in [6, 6.07) is 7.96. The van der Waals surface area contributed by atoms with E-state index in [1.807, 2.05) is 31.2 Å². The first-order chi connectivity index (χ1) is 9.13. The number of anilines is 1. The lowest BCUT2D eigenvalue weighted by molar-refractivity contribution is 0.456. The third-order valence-corrected chi connectivity index (χ3v) is 2.90. The first-order valence-corrected chi connectivity index (χ1v) is 6.22. The summed E-state index contributed by atoms with van der Waals surface area (Å²) >= 11 is 0. The lowest BCUT2D eigenvalue weighted by Crippen LogP contribution is -2.12. The van der Waals surface area contributed by atoms with Gasteiger partial charge in [-0.05, 0) is 38.0 Å². The Bertz CT molecular complexity index is 566. The van der Waals surface area contributed by atoms with E-state index in [0.29, 0.717) is 17.5 Å². The summed E-state index contributed by atoms with van der Waals surface area (Å²) in [5.41, 5.74) is 4.60. The molecule has 3 N–H and O–H groups in total. The Morgan fingerprint density at radius 3 is 2.42 bits per heavy atom. The van der Waals surface area contributed by atoms with Gasteiger partial charge in [0.1, 0.15) is 17.4 Å². The van der Waals surface area contributed by atoms with Crippen LogP contribution in [0, 0.1) is 13.8 Å². The summed E-state index contributed by atoms with van der Waals surface area (Å²) in [6.45, 7) is 5.78. The summed E-state index contributed by atoms with van der Waals surface area (Å²) in [5.74, 6) is 7.88. The molecule has 2 aromatic rings. The number of hydrogen-bond donors (Lipinski definition) is 2. The third kappa shape index (κ3) is 3.00. The van der Waals surface area contributed by atoms with Crippen LogP contribution in [0.1, 0.15) is 23.9 Å². The zero-order valence-corrected chi connectivity index (χ0v) is 11.4. The van der Waals surface area contributed by atoms with E-state index in [0.717, 1.165) is 17.7 Å². The first kappa shape index (κ1) is 13.3. The van der Waals surface area contributed by atoms with Gasteiger partial charge < -0.3 is 10.2 Å². The van der Waals surface area contributed by atoms with Crippen LogP contribution in [-0.4, -0.2) is 9.97 Å². The van der Waals surface area contributed by atoms with Crippen LogP contribution in [-0.2, 0) is 6.42 Å². The average Bonchev–Trinajstić information content (AvgIpc) is 2.43. The Morgan fingerprint density at radius 2 is 1.84 bits per heavy atom. The van der Waals surface area contributed by atoms with Crippen LogP contribution >= 0.6 is 0 Å². The molecule has 100 valence electrons. The van der Waals surface area contributed by atoms with E-state index in [2.05, 4.69) is 22.3 Å². The highest BCUT2D eigenvalue weighted by atomic mass is 16.5. The predicted octanol–water partition coefficient (Wildman–Crippen LogP) is 2.73. The van der Waals surface area contributed by atoms with Crippen LogP contribution in [0.5, 0.6) is 11.6 Å². The molecule has 2 rings (SSSR count). The average molecular weight is 258 g/mol. The number of nitrogen functional groups attached to an aromatic ring is 1. The van der Waals surface area contributed by atoms with Crippen LogP contribution in [0.4, 0.5) is 5.82 Å². The maximum atomic E-state index is 5.79. The number of hydrazine groups is 1. The lowest BCUT2D eigenvalue weighted by atomic mass is 10.2. The summed E-state index contributed by atoms with van der Waals surface area (Å²) in [6.07, 6.45) is 1.01. The molecule has 1 aromatic carbocycles. The third-order valence-electron chi connectivity index (χ3n) is 2.90. The maximum Gasteiger partial charge on any atom is 0.227 e. The van der Waals surface area contributed by atoms with Crippen molar-refractivity contribution in [2.45, 2.75) is 27.2 Å². The summed E-state index contributed by atoms with van der Waals surface area (Å²) in [7, 11) is 0. The second-order valence-corrected chi connectivity index (χ2v) is 4.29. The monoisotopic (exact) mass is 258 g/mol. The molecule has 0 saturated carbocycles. The zero-order chi connectivity index (χ0) is 13.8. The van der Waals surface area contributed by atoms with Gasteiger partial charge in [-0.15, -0.1) is 0 Å². The van der Waals surface area contributed by atoms with E-state index >= 15 is 0 Å². The normalized spacial score (nSPS) is 10.3. The maximum absolute atomic E-state index is 5.79. The van der Waals surface area contributed by atoms with Crippen molar-refractivity contribution in [2.75, 3.05) is 5.43 Å². The number of aryl methyl sites for hydroxylation is 2. The van der Waals surface area contributed by atoms with Crippen molar-refractivity contribution in [1.29, 1.82) is 0 Å². The molecular weight excluding hydrogens is 240 g/mol. The van der Waals surface area contributed by atoms with Crippen molar-refractivity contribution >= 4 is 5.82 Å². The molecule has 5 heteroatoms. The van der Waals surface area contributed by atoms with E-state index < -0.39 is 0 Å². The van der Waals surface area contributed by atoms with Crippen LogP contribution in [0.15, 0.2) is 24.3 Å². The molecule has 0 saturated heterocycles. The minimum Gasteiger partial charge on any atom is -0.439 e. The fourth-order valence-electron chi connectivity index (χ4n) is 1.75. The molecule has 0 atom stereocenters. The van der Waals surface area contributed by atoms with Gasteiger partial charge in [0.2, 0.25) is 5.88 Å². The number of hydrogen-bond acceptors (Lipinski definition) is 5. The van der Waals surface area contributed by atoms with E-state index in [1.54, 1.807) is 6.92 Å². The molecule has 0 fully saturated rings. The van der Waals surface area contributed by atoms with Crippen LogP contribution < -0.4 is 16.0 Å². The molecule has 0 radical (unpaired) electrons. The highest BCUT2D eigenvalue weighted by Gasteiger charge is 2.10. The van der Waals surface area contributed by atoms with Gasteiger partial charge in [-0.25, -0.2) is 10.8 Å². The van der Waals surface area contributed by atoms with Gasteiger partial charge in [-0.2, -0.15) is 4.98 Å². The standard InChI is InChI=1S/C14H18N4O/c1-4-11-5-7-12(8-6-11)19-14-9(2)13(18-15)16-10(3)17-14/h5-8H,4,15H2,1-3H3,(H,16,17,18). The number of aromatic nitrogens is 2. The van der Waals surface area contributed by atoms with Gasteiger partial charge in [-0.3, -0.25) is 0 Å². The van der Waals surface area contributed by atoms with E-state index in [-0.39, 0.29) is 0 Å². The van der Waals surface area contributed by atoms with Crippen LogP contribution in [0.3, 0.4) is 0 Å². The number of rotatable bonds is 4. The first-order valence-electron chi connectivity index (χ1n) is 6.22. The number of nitrogens with one attached hydrogen (secondary N) is 1. The molecule has 0 unspecified atom stereocenters. The summed E-state index contributed by atoms with van der Waals surface area (Å²) in [4.78, 5) is 8.48. The van der Waals surface area contributed by atoms with Gasteiger partial charge in [0.25, 0.3) is 0 Å². The van der Waals surface area contributed by atoms with Crippen molar-refractivity contribution in [2.24, 2.45) is 5.84 Å². The summed E-state index contributed by atoms with van der Waals surface area (Å²) < 4.78 is 5.79. The minimum atomic E-state index is 0.518. The molecule has 0 spiro atoms. The molecular formula is C14H18N4O. The van der Waals surface area contributed by atoms with Crippen molar-refractivity contribution < 1.29 is 4.74 Å². The smallest absolute Gasteiger partial charge is 0.227 e. The van der Waals surface area contributed by atoms with E-state index in [4.69, 9.17) is 10.6 Å². The molecule has 0 bridgehead atoms. The molecule has 0 aliphatic carbocycles. The quantitative estimate of drug-likeness (QED) is 0.651. The minimum absolute atomic E-state index is 0.518. The second kappa shape index (κ2) is 5.67. The Labute approximate surface area is 112 Å². The number of nitrogens with zero attached hydrogens (tertiary/aromatic N) is 2. The van der Waals surface area contributed by atoms with Crippen LogP contribution in [0.25, 0.3) is 0 Å². The second-order valence-electron chi connectivity index (χ2n) is 4.29. The number of nitrogens with two attached hydrogens (primary N) is 1. The fourth-order valence-corrected chi connectivity index (χ4v) is 1.75. The van der Waals surface area contributed by atoms with Crippen molar-refractivity contribution in [1.82, 2.24) is 9.97 Å². The largest absolute Gasteiger partial charge is 0.439 e. The Morgan fingerprint density at radius 1 is 1.16 bits per heavy atom. The fraction of sp³-hybridized carbons (Fsp3) is 0.286. The van der Waals surface area contributed by atoms with Gasteiger partial charge in [0.15, 0.2) is 0 Å². The zero-order valence-electron chi connectivity index (χ0n) is 11.4. The van der Waals surface area contributed by atoms with Gasteiger partial charge in [-0.1, -0.05) is 19.1 Å². The van der Waals surface area contributed by atoms with Crippen molar-refractivity contribution in [3.8, 4) is 11.6 Å². The highest BCUT2D eigenvalue weighted by Crippen LogP contribution is 2.26. The summed E-state index contributed by atoms with van der Waals surface area (Å²) in [5, 5.41) is 0. The number of benzene rings is 1. The molecule has 0 aliphatic rings. The Hall–Kier alpha value is -2.14. The topological polar surface area (TPSA) is 73.1 Å². The lowest BCUT2D eigenvalue weighted by Gasteiger charge is -2.11. The number of ether oxygens (including phenoxy) is 1. The molecule has 5 nitrogen and oxygen atoms in total. The molecule has 0 amide bonds. The predicted molar refractivity (Wildman–Crippen MR) is 75.2 cm³/mol.